The second kappa shape index (κ2) is 6.30. The molecule has 1 aliphatic rings. The topological polar surface area (TPSA) is 29.9 Å². The van der Waals surface area contributed by atoms with Gasteiger partial charge in [-0.15, -0.1) is 0 Å². The van der Waals surface area contributed by atoms with Crippen LogP contribution in [0, 0.1) is 25.7 Å². The van der Waals surface area contributed by atoms with Crippen molar-refractivity contribution in [2.75, 3.05) is 0 Å². The van der Waals surface area contributed by atoms with E-state index in [1.807, 2.05) is 0 Å². The molecule has 1 aromatic heterocycles. The average molecular weight is 277 g/mol. The number of nitrogens with one attached hydrogen (secondary N) is 1. The first-order valence-electron chi connectivity index (χ1n) is 8.23. The lowest BCUT2D eigenvalue weighted by Gasteiger charge is -2.34. The first kappa shape index (κ1) is 15.6. The minimum atomic E-state index is 0.404. The van der Waals surface area contributed by atoms with Crippen LogP contribution in [0.25, 0.3) is 0 Å². The Labute approximate surface area is 124 Å². The van der Waals surface area contributed by atoms with Crippen LogP contribution in [0.4, 0.5) is 0 Å². The maximum absolute atomic E-state index is 4.65. The monoisotopic (exact) mass is 277 g/mol. The zero-order valence-electron chi connectivity index (χ0n) is 14.0. The zero-order valence-corrected chi connectivity index (χ0v) is 14.0. The molecule has 0 amide bonds. The van der Waals surface area contributed by atoms with Crippen LogP contribution in [0.15, 0.2) is 0 Å². The van der Waals surface area contributed by atoms with Gasteiger partial charge in [-0.2, -0.15) is 5.10 Å². The normalized spacial score (nSPS) is 28.6. The van der Waals surface area contributed by atoms with Gasteiger partial charge in [-0.25, -0.2) is 0 Å². The van der Waals surface area contributed by atoms with Crippen LogP contribution in [-0.2, 0) is 6.54 Å². The summed E-state index contributed by atoms with van der Waals surface area (Å²) in [7, 11) is 0. The van der Waals surface area contributed by atoms with Crippen molar-refractivity contribution in [3.63, 3.8) is 0 Å². The van der Waals surface area contributed by atoms with Gasteiger partial charge in [-0.3, -0.25) is 4.68 Å². The third-order valence-corrected chi connectivity index (χ3v) is 5.25. The Morgan fingerprint density at radius 3 is 2.50 bits per heavy atom. The van der Waals surface area contributed by atoms with Gasteiger partial charge in [-0.05, 0) is 58.8 Å². The highest BCUT2D eigenvalue weighted by Gasteiger charge is 2.26. The van der Waals surface area contributed by atoms with Crippen molar-refractivity contribution in [2.24, 2.45) is 11.8 Å². The Kier molecular flexibility index (Phi) is 4.90. The summed E-state index contributed by atoms with van der Waals surface area (Å²) < 4.78 is 2.12. The van der Waals surface area contributed by atoms with Gasteiger partial charge in [0.05, 0.1) is 5.69 Å². The number of hydrogen-bond donors (Lipinski definition) is 1. The minimum absolute atomic E-state index is 0.404. The van der Waals surface area contributed by atoms with Gasteiger partial charge in [0.15, 0.2) is 0 Å². The van der Waals surface area contributed by atoms with E-state index in [0.29, 0.717) is 12.1 Å². The molecule has 0 spiro atoms. The van der Waals surface area contributed by atoms with Crippen molar-refractivity contribution < 1.29 is 0 Å². The quantitative estimate of drug-likeness (QED) is 0.901. The molecule has 1 saturated carbocycles. The fourth-order valence-corrected chi connectivity index (χ4v) is 3.78. The van der Waals surface area contributed by atoms with Crippen molar-refractivity contribution in [3.05, 3.63) is 17.0 Å². The van der Waals surface area contributed by atoms with Gasteiger partial charge in [0.1, 0.15) is 0 Å². The first-order chi connectivity index (χ1) is 9.43. The predicted molar refractivity (Wildman–Crippen MR) is 84.9 cm³/mol. The summed E-state index contributed by atoms with van der Waals surface area (Å²) in [6, 6.07) is 1.07. The molecule has 1 fully saturated rings. The lowest BCUT2D eigenvalue weighted by molar-refractivity contribution is 0.217. The molecule has 1 aliphatic carbocycles. The van der Waals surface area contributed by atoms with E-state index in [1.165, 1.54) is 36.2 Å². The smallest absolute Gasteiger partial charge is 0.0644 e. The summed E-state index contributed by atoms with van der Waals surface area (Å²) in [6.45, 7) is 14.5. The Balaban J connectivity index is 2.05. The maximum atomic E-state index is 4.65. The van der Waals surface area contributed by atoms with Crippen molar-refractivity contribution in [1.29, 1.82) is 0 Å². The molecule has 4 unspecified atom stereocenters. The second-order valence-corrected chi connectivity index (χ2v) is 6.75. The number of nitrogens with zero attached hydrogens (tertiary/aromatic N) is 2. The van der Waals surface area contributed by atoms with Crippen molar-refractivity contribution in [1.82, 2.24) is 15.1 Å². The fraction of sp³-hybridized carbons (Fsp3) is 0.824. The van der Waals surface area contributed by atoms with E-state index in [1.54, 1.807) is 0 Å². The van der Waals surface area contributed by atoms with Crippen molar-refractivity contribution in [3.8, 4) is 0 Å². The molecule has 1 aromatic rings. The predicted octanol–water partition coefficient (Wildman–Crippen LogP) is 4.00. The first-order valence-corrected chi connectivity index (χ1v) is 8.23. The van der Waals surface area contributed by atoms with Crippen LogP contribution in [0.2, 0.25) is 0 Å². The largest absolute Gasteiger partial charge is 0.307 e. The van der Waals surface area contributed by atoms with Gasteiger partial charge in [0, 0.05) is 29.9 Å². The molecular formula is C17H31N3. The van der Waals surface area contributed by atoms with Crippen molar-refractivity contribution >= 4 is 0 Å². The summed E-state index contributed by atoms with van der Waals surface area (Å²) in [5, 5.41) is 8.50. The highest BCUT2D eigenvalue weighted by atomic mass is 15.3. The van der Waals surface area contributed by atoms with E-state index in [-0.39, 0.29) is 0 Å². The van der Waals surface area contributed by atoms with E-state index >= 15 is 0 Å². The van der Waals surface area contributed by atoms with Crippen molar-refractivity contribution in [2.45, 2.75) is 79.4 Å². The van der Waals surface area contributed by atoms with Crippen LogP contribution in [0.1, 0.15) is 70.0 Å². The van der Waals surface area contributed by atoms with Gasteiger partial charge in [-0.1, -0.05) is 13.8 Å². The van der Waals surface area contributed by atoms with Gasteiger partial charge in [0.2, 0.25) is 0 Å². The molecule has 3 nitrogen and oxygen atoms in total. The van der Waals surface area contributed by atoms with E-state index in [4.69, 9.17) is 0 Å². The standard InChI is InChI=1S/C17H31N3/c1-7-20-15(6)17(14(5)19-20)13(4)18-16-9-8-11(2)12(3)10-16/h11-13,16,18H,7-10H2,1-6H3. The van der Waals surface area contributed by atoms with Crippen LogP contribution < -0.4 is 5.32 Å². The van der Waals surface area contributed by atoms with E-state index in [9.17, 15) is 0 Å². The van der Waals surface area contributed by atoms with E-state index in [0.717, 1.165) is 18.4 Å². The molecule has 0 saturated heterocycles. The second-order valence-electron chi connectivity index (χ2n) is 6.75. The maximum Gasteiger partial charge on any atom is 0.0644 e. The number of rotatable bonds is 4. The highest BCUT2D eigenvalue weighted by molar-refractivity contribution is 5.28. The molecule has 3 heteroatoms. The zero-order chi connectivity index (χ0) is 14.9. The third kappa shape index (κ3) is 3.08. The Hall–Kier alpha value is -0.830. The minimum Gasteiger partial charge on any atom is -0.307 e. The number of aromatic nitrogens is 2. The van der Waals surface area contributed by atoms with Crippen LogP contribution in [-0.4, -0.2) is 15.8 Å². The highest BCUT2D eigenvalue weighted by Crippen LogP contribution is 2.31. The molecular weight excluding hydrogens is 246 g/mol. The third-order valence-electron chi connectivity index (χ3n) is 5.25. The summed E-state index contributed by atoms with van der Waals surface area (Å²) in [4.78, 5) is 0. The summed E-state index contributed by atoms with van der Waals surface area (Å²) in [6.07, 6.45) is 3.99. The average Bonchev–Trinajstić information content (AvgIpc) is 2.68. The molecule has 0 bridgehead atoms. The van der Waals surface area contributed by atoms with Gasteiger partial charge in [0.25, 0.3) is 0 Å². The van der Waals surface area contributed by atoms with E-state index in [2.05, 4.69) is 56.6 Å². The van der Waals surface area contributed by atoms with Crippen LogP contribution in [0.5, 0.6) is 0 Å². The number of hydrogen-bond acceptors (Lipinski definition) is 2. The van der Waals surface area contributed by atoms with E-state index < -0.39 is 0 Å². The lowest BCUT2D eigenvalue weighted by atomic mass is 9.79. The Bertz CT molecular complexity index is 449. The summed E-state index contributed by atoms with van der Waals surface area (Å²) in [5.41, 5.74) is 3.90. The lowest BCUT2D eigenvalue weighted by Crippen LogP contribution is -2.37. The molecule has 0 aromatic carbocycles. The Morgan fingerprint density at radius 2 is 1.95 bits per heavy atom. The Morgan fingerprint density at radius 1 is 1.25 bits per heavy atom. The summed E-state index contributed by atoms with van der Waals surface area (Å²) in [5.74, 6) is 1.73. The molecule has 4 atom stereocenters. The molecule has 0 aliphatic heterocycles. The SMILES string of the molecule is CCn1nc(C)c(C(C)NC2CCC(C)C(C)C2)c1C. The molecule has 114 valence electrons. The van der Waals surface area contributed by atoms with Crippen LogP contribution in [0.3, 0.4) is 0 Å². The molecule has 20 heavy (non-hydrogen) atoms. The number of aryl methyl sites for hydroxylation is 2. The molecule has 1 heterocycles. The van der Waals surface area contributed by atoms with Gasteiger partial charge >= 0.3 is 0 Å². The summed E-state index contributed by atoms with van der Waals surface area (Å²) >= 11 is 0. The molecule has 1 N–H and O–H groups in total. The molecule has 2 rings (SSSR count). The fourth-order valence-electron chi connectivity index (χ4n) is 3.78. The van der Waals surface area contributed by atoms with Gasteiger partial charge < -0.3 is 5.32 Å². The van der Waals surface area contributed by atoms with Crippen LogP contribution >= 0.6 is 0 Å². The molecule has 0 radical (unpaired) electrons.